The van der Waals surface area contributed by atoms with Crippen molar-refractivity contribution in [3.63, 3.8) is 0 Å². The van der Waals surface area contributed by atoms with E-state index in [-0.39, 0.29) is 18.6 Å². The maximum absolute atomic E-state index is 12.9. The molecule has 1 unspecified atom stereocenters. The van der Waals surface area contributed by atoms with Crippen LogP contribution in [-0.4, -0.2) is 30.7 Å². The summed E-state index contributed by atoms with van der Waals surface area (Å²) < 4.78 is 5.35. The fourth-order valence-electron chi connectivity index (χ4n) is 3.81. The van der Waals surface area contributed by atoms with E-state index in [0.29, 0.717) is 12.8 Å². The summed E-state index contributed by atoms with van der Waals surface area (Å²) in [7, 11) is 0. The fourth-order valence-corrected chi connectivity index (χ4v) is 3.81. The topological polar surface area (TPSA) is 67.4 Å². The molecule has 2 aromatic carbocycles. The van der Waals surface area contributed by atoms with Crippen molar-refractivity contribution in [2.24, 2.45) is 0 Å². The van der Waals surface area contributed by atoms with E-state index in [1.807, 2.05) is 61.5 Å². The molecule has 1 saturated carbocycles. The van der Waals surface area contributed by atoms with E-state index in [1.54, 1.807) is 0 Å². The summed E-state index contributed by atoms with van der Waals surface area (Å²) in [6.07, 6.45) is 6.05. The zero-order valence-corrected chi connectivity index (χ0v) is 17.7. The molecule has 5 nitrogen and oxygen atoms in total. The van der Waals surface area contributed by atoms with Crippen molar-refractivity contribution in [3.05, 3.63) is 71.3 Å². The van der Waals surface area contributed by atoms with E-state index >= 15 is 0 Å². The third-order valence-electron chi connectivity index (χ3n) is 5.59. The number of carbonyl (C=O) groups excluding carboxylic acids is 2. The molecule has 2 aromatic rings. The van der Waals surface area contributed by atoms with Crippen molar-refractivity contribution in [2.75, 3.05) is 6.61 Å². The summed E-state index contributed by atoms with van der Waals surface area (Å²) in [4.78, 5) is 25.3. The maximum atomic E-state index is 12.9. The van der Waals surface area contributed by atoms with Gasteiger partial charge in [0.05, 0.1) is 6.61 Å². The number of carbonyl (C=O) groups is 2. The Kier molecular flexibility index (Phi) is 8.30. The van der Waals surface area contributed by atoms with E-state index in [1.165, 1.54) is 12.0 Å². The molecule has 0 aliphatic heterocycles. The fraction of sp³-hybridized carbons (Fsp3) is 0.440. The van der Waals surface area contributed by atoms with Crippen LogP contribution >= 0.6 is 0 Å². The predicted octanol–water partition coefficient (Wildman–Crippen LogP) is 4.32. The van der Waals surface area contributed by atoms with Gasteiger partial charge in [0.15, 0.2) is 0 Å². The van der Waals surface area contributed by atoms with Gasteiger partial charge in [-0.2, -0.15) is 0 Å². The first kappa shape index (κ1) is 21.9. The van der Waals surface area contributed by atoms with Crippen molar-refractivity contribution in [2.45, 2.75) is 64.0 Å². The van der Waals surface area contributed by atoms with E-state index in [4.69, 9.17) is 4.74 Å². The van der Waals surface area contributed by atoms with Crippen molar-refractivity contribution >= 4 is 12.0 Å². The zero-order valence-electron chi connectivity index (χ0n) is 17.7. The molecule has 0 bridgehead atoms. The Balaban J connectivity index is 1.54. The van der Waals surface area contributed by atoms with Crippen LogP contribution in [0.1, 0.15) is 48.8 Å². The number of ether oxygens (including phenoxy) is 1. The number of amides is 2. The number of alkyl carbamates (subject to hydrolysis) is 1. The molecule has 1 aliphatic rings. The van der Waals surface area contributed by atoms with Crippen LogP contribution in [0.3, 0.4) is 0 Å². The minimum absolute atomic E-state index is 0.138. The van der Waals surface area contributed by atoms with Gasteiger partial charge >= 0.3 is 6.09 Å². The molecule has 1 fully saturated rings. The molecule has 3 rings (SSSR count). The number of nitrogens with one attached hydrogen (secondary N) is 2. The molecular formula is C25H32N2O3. The van der Waals surface area contributed by atoms with Gasteiger partial charge in [0, 0.05) is 18.9 Å². The van der Waals surface area contributed by atoms with Crippen LogP contribution in [0.2, 0.25) is 0 Å². The molecule has 0 spiro atoms. The first-order valence-corrected chi connectivity index (χ1v) is 10.9. The molecule has 2 N–H and O–H groups in total. The van der Waals surface area contributed by atoms with Crippen LogP contribution in [0.15, 0.2) is 54.6 Å². The second kappa shape index (κ2) is 11.4. The van der Waals surface area contributed by atoms with Crippen LogP contribution in [0.25, 0.3) is 0 Å². The highest BCUT2D eigenvalue weighted by Crippen LogP contribution is 2.17. The minimum Gasteiger partial charge on any atom is -0.449 e. The monoisotopic (exact) mass is 408 g/mol. The van der Waals surface area contributed by atoms with Gasteiger partial charge in [0.2, 0.25) is 5.91 Å². The van der Waals surface area contributed by atoms with Gasteiger partial charge in [-0.05, 0) is 30.9 Å². The first-order valence-electron chi connectivity index (χ1n) is 10.9. The molecule has 5 heteroatoms. The zero-order chi connectivity index (χ0) is 21.2. The Morgan fingerprint density at radius 1 is 0.967 bits per heavy atom. The van der Waals surface area contributed by atoms with Crippen LogP contribution in [0.5, 0.6) is 0 Å². The highest BCUT2D eigenvalue weighted by molar-refractivity contribution is 5.86. The Morgan fingerprint density at radius 3 is 2.37 bits per heavy atom. The summed E-state index contributed by atoms with van der Waals surface area (Å²) in [6.45, 7) is 2.32. The van der Waals surface area contributed by atoms with Crippen molar-refractivity contribution in [3.8, 4) is 0 Å². The highest BCUT2D eigenvalue weighted by atomic mass is 16.5. The number of aryl methyl sites for hydroxylation is 1. The average molecular weight is 409 g/mol. The first-order chi connectivity index (χ1) is 14.6. The Labute approximate surface area is 179 Å². The van der Waals surface area contributed by atoms with E-state index in [0.717, 1.165) is 36.8 Å². The maximum Gasteiger partial charge on any atom is 0.407 e. The molecule has 0 saturated heterocycles. The lowest BCUT2D eigenvalue weighted by Gasteiger charge is -2.26. The molecule has 160 valence electrons. The third-order valence-corrected chi connectivity index (χ3v) is 5.59. The Bertz CT molecular complexity index is 799. The third kappa shape index (κ3) is 7.21. The smallest absolute Gasteiger partial charge is 0.407 e. The Hall–Kier alpha value is -2.82. The van der Waals surface area contributed by atoms with Crippen LogP contribution < -0.4 is 10.6 Å². The largest absolute Gasteiger partial charge is 0.449 e. The summed E-state index contributed by atoms with van der Waals surface area (Å²) in [6, 6.07) is 17.4. The summed E-state index contributed by atoms with van der Waals surface area (Å²) in [5, 5.41) is 5.90. The standard InChI is InChI=1S/C25H32N2O3/c1-19-12-14-20(15-13-19)16-17-30-25(29)27-23(18-21-8-4-2-5-9-21)24(28)26-22-10-6-3-7-11-22/h2,4-5,8-9,12-15,22-23H,3,6-7,10-11,16-18H2,1H3,(H,26,28)(H,27,29). The quantitative estimate of drug-likeness (QED) is 0.683. The van der Waals surface area contributed by atoms with Crippen molar-refractivity contribution in [1.29, 1.82) is 0 Å². The van der Waals surface area contributed by atoms with E-state index < -0.39 is 12.1 Å². The molecule has 1 atom stereocenters. The molecule has 0 radical (unpaired) electrons. The summed E-state index contributed by atoms with van der Waals surface area (Å²) >= 11 is 0. The summed E-state index contributed by atoms with van der Waals surface area (Å²) in [5.74, 6) is -0.138. The average Bonchev–Trinajstić information content (AvgIpc) is 2.76. The molecule has 0 heterocycles. The second-order valence-electron chi connectivity index (χ2n) is 8.10. The molecule has 1 aliphatic carbocycles. The number of hydrogen-bond acceptors (Lipinski definition) is 3. The SMILES string of the molecule is Cc1ccc(CCOC(=O)NC(Cc2ccccc2)C(=O)NC2CCCCC2)cc1. The van der Waals surface area contributed by atoms with Crippen LogP contribution in [0, 0.1) is 6.92 Å². The van der Waals surface area contributed by atoms with Crippen molar-refractivity contribution < 1.29 is 14.3 Å². The van der Waals surface area contributed by atoms with Gasteiger partial charge < -0.3 is 15.4 Å². The van der Waals surface area contributed by atoms with Gasteiger partial charge in [0.25, 0.3) is 0 Å². The van der Waals surface area contributed by atoms with Gasteiger partial charge in [-0.3, -0.25) is 4.79 Å². The lowest BCUT2D eigenvalue weighted by molar-refractivity contribution is -0.124. The molecule has 0 aromatic heterocycles. The van der Waals surface area contributed by atoms with Gasteiger partial charge in [0.1, 0.15) is 6.04 Å². The minimum atomic E-state index is -0.652. The summed E-state index contributed by atoms with van der Waals surface area (Å²) in [5.41, 5.74) is 3.32. The molecule has 30 heavy (non-hydrogen) atoms. The number of rotatable bonds is 8. The highest BCUT2D eigenvalue weighted by Gasteiger charge is 2.25. The van der Waals surface area contributed by atoms with Gasteiger partial charge in [-0.1, -0.05) is 79.4 Å². The molecule has 2 amide bonds. The van der Waals surface area contributed by atoms with Crippen LogP contribution in [-0.2, 0) is 22.4 Å². The van der Waals surface area contributed by atoms with Crippen LogP contribution in [0.4, 0.5) is 4.79 Å². The van der Waals surface area contributed by atoms with E-state index in [9.17, 15) is 9.59 Å². The molecular weight excluding hydrogens is 376 g/mol. The second-order valence-corrected chi connectivity index (χ2v) is 8.10. The Morgan fingerprint density at radius 2 is 1.67 bits per heavy atom. The lowest BCUT2D eigenvalue weighted by Crippen LogP contribution is -2.51. The number of benzene rings is 2. The lowest BCUT2D eigenvalue weighted by atomic mass is 9.95. The predicted molar refractivity (Wildman–Crippen MR) is 118 cm³/mol. The van der Waals surface area contributed by atoms with Gasteiger partial charge in [-0.15, -0.1) is 0 Å². The van der Waals surface area contributed by atoms with Crippen molar-refractivity contribution in [1.82, 2.24) is 10.6 Å². The van der Waals surface area contributed by atoms with Gasteiger partial charge in [-0.25, -0.2) is 4.79 Å². The normalized spacial score (nSPS) is 15.2. The number of hydrogen-bond donors (Lipinski definition) is 2. The van der Waals surface area contributed by atoms with E-state index in [2.05, 4.69) is 10.6 Å².